The summed E-state index contributed by atoms with van der Waals surface area (Å²) in [5.74, 6) is 0.546. The largest absolute Gasteiger partial charge is 0.321 e. The van der Waals surface area contributed by atoms with Crippen LogP contribution < -0.4 is 0 Å². The number of nitrogens with zero attached hydrogens (tertiary/aromatic N) is 2. The van der Waals surface area contributed by atoms with E-state index in [0.717, 1.165) is 16.9 Å². The van der Waals surface area contributed by atoms with Crippen molar-refractivity contribution in [2.75, 3.05) is 0 Å². The zero-order valence-corrected chi connectivity index (χ0v) is 11.0. The molecule has 0 radical (unpaired) electrons. The van der Waals surface area contributed by atoms with Gasteiger partial charge in [-0.2, -0.15) is 0 Å². The summed E-state index contributed by atoms with van der Waals surface area (Å²) < 4.78 is 16.0. The maximum absolute atomic E-state index is 13.9. The second-order valence-electron chi connectivity index (χ2n) is 4.87. The topological polar surface area (TPSA) is 17.8 Å². The summed E-state index contributed by atoms with van der Waals surface area (Å²) in [6, 6.07) is 15.2. The Morgan fingerprint density at radius 2 is 1.74 bits per heavy atom. The second kappa shape index (κ2) is 4.50. The van der Waals surface area contributed by atoms with Crippen LogP contribution in [0.5, 0.6) is 0 Å². The molecule has 0 fully saturated rings. The molecule has 0 aliphatic rings. The standard InChI is InChI=1S/C16H15FN2/c1-11(2)19-14-10-6-9-13(17)15(14)18-16(19)12-7-4-3-5-8-12/h3-11H,1-2H3. The van der Waals surface area contributed by atoms with E-state index in [-0.39, 0.29) is 11.9 Å². The third-order valence-electron chi connectivity index (χ3n) is 3.22. The van der Waals surface area contributed by atoms with E-state index in [1.54, 1.807) is 6.07 Å². The van der Waals surface area contributed by atoms with Crippen LogP contribution in [-0.2, 0) is 0 Å². The van der Waals surface area contributed by atoms with E-state index in [9.17, 15) is 4.39 Å². The average molecular weight is 254 g/mol. The van der Waals surface area contributed by atoms with Crippen molar-refractivity contribution in [1.29, 1.82) is 0 Å². The van der Waals surface area contributed by atoms with Crippen LogP contribution in [0.4, 0.5) is 4.39 Å². The minimum Gasteiger partial charge on any atom is -0.321 e. The van der Waals surface area contributed by atoms with Crippen LogP contribution in [0.15, 0.2) is 48.5 Å². The van der Waals surface area contributed by atoms with E-state index in [1.165, 1.54) is 6.07 Å². The highest BCUT2D eigenvalue weighted by atomic mass is 19.1. The number of benzene rings is 2. The third-order valence-corrected chi connectivity index (χ3v) is 3.22. The zero-order chi connectivity index (χ0) is 13.4. The van der Waals surface area contributed by atoms with Crippen LogP contribution in [0.3, 0.4) is 0 Å². The lowest BCUT2D eigenvalue weighted by atomic mass is 10.2. The molecule has 0 aliphatic heterocycles. The Hall–Kier alpha value is -2.16. The van der Waals surface area contributed by atoms with E-state index < -0.39 is 0 Å². The van der Waals surface area contributed by atoms with Gasteiger partial charge in [0.2, 0.25) is 0 Å². The number of para-hydroxylation sites is 1. The SMILES string of the molecule is CC(C)n1c(-c2ccccc2)nc2c(F)cccc21. The van der Waals surface area contributed by atoms with Gasteiger partial charge in [0.05, 0.1) is 5.52 Å². The number of imidazole rings is 1. The molecule has 3 heteroatoms. The van der Waals surface area contributed by atoms with E-state index >= 15 is 0 Å². The molecule has 19 heavy (non-hydrogen) atoms. The summed E-state index contributed by atoms with van der Waals surface area (Å²) in [6.07, 6.45) is 0. The molecule has 3 aromatic rings. The molecule has 0 unspecified atom stereocenters. The Balaban J connectivity index is 2.36. The minimum absolute atomic E-state index is 0.224. The molecule has 96 valence electrons. The second-order valence-corrected chi connectivity index (χ2v) is 4.87. The predicted molar refractivity (Wildman–Crippen MR) is 75.5 cm³/mol. The number of hydrogen-bond acceptors (Lipinski definition) is 1. The summed E-state index contributed by atoms with van der Waals surface area (Å²) in [4.78, 5) is 4.49. The van der Waals surface area contributed by atoms with Crippen LogP contribution in [0.2, 0.25) is 0 Å². The van der Waals surface area contributed by atoms with Crippen molar-refractivity contribution in [3.63, 3.8) is 0 Å². The fraction of sp³-hybridized carbons (Fsp3) is 0.188. The van der Waals surface area contributed by atoms with Crippen LogP contribution in [0, 0.1) is 5.82 Å². The summed E-state index contributed by atoms with van der Waals surface area (Å²) >= 11 is 0. The maximum atomic E-state index is 13.9. The molecule has 0 aliphatic carbocycles. The van der Waals surface area contributed by atoms with Gasteiger partial charge in [-0.05, 0) is 26.0 Å². The maximum Gasteiger partial charge on any atom is 0.151 e. The van der Waals surface area contributed by atoms with Crippen LogP contribution in [0.25, 0.3) is 22.4 Å². The van der Waals surface area contributed by atoms with Gasteiger partial charge >= 0.3 is 0 Å². The summed E-state index contributed by atoms with van der Waals surface area (Å²) in [7, 11) is 0. The minimum atomic E-state index is -0.269. The van der Waals surface area contributed by atoms with Gasteiger partial charge in [-0.1, -0.05) is 36.4 Å². The zero-order valence-electron chi connectivity index (χ0n) is 11.0. The van der Waals surface area contributed by atoms with Crippen molar-refractivity contribution in [3.8, 4) is 11.4 Å². The molecule has 0 amide bonds. The Kier molecular flexibility index (Phi) is 2.82. The lowest BCUT2D eigenvalue weighted by Gasteiger charge is -2.12. The van der Waals surface area contributed by atoms with E-state index in [2.05, 4.69) is 23.4 Å². The fourth-order valence-electron chi connectivity index (χ4n) is 2.40. The highest BCUT2D eigenvalue weighted by Gasteiger charge is 2.16. The molecule has 3 rings (SSSR count). The lowest BCUT2D eigenvalue weighted by Crippen LogP contribution is -2.02. The fourth-order valence-corrected chi connectivity index (χ4v) is 2.40. The van der Waals surface area contributed by atoms with E-state index in [4.69, 9.17) is 0 Å². The Morgan fingerprint density at radius 3 is 2.42 bits per heavy atom. The first-order valence-corrected chi connectivity index (χ1v) is 6.40. The molecule has 0 spiro atoms. The van der Waals surface area contributed by atoms with Gasteiger partial charge in [0, 0.05) is 11.6 Å². The molecule has 0 saturated heterocycles. The first kappa shape index (κ1) is 11.9. The van der Waals surface area contributed by atoms with Crippen LogP contribution in [-0.4, -0.2) is 9.55 Å². The van der Waals surface area contributed by atoms with Gasteiger partial charge in [0.25, 0.3) is 0 Å². The van der Waals surface area contributed by atoms with Crippen molar-refractivity contribution in [2.45, 2.75) is 19.9 Å². The van der Waals surface area contributed by atoms with Crippen molar-refractivity contribution in [1.82, 2.24) is 9.55 Å². The summed E-state index contributed by atoms with van der Waals surface area (Å²) in [6.45, 7) is 4.16. The molecule has 0 atom stereocenters. The number of aromatic nitrogens is 2. The molecule has 0 N–H and O–H groups in total. The van der Waals surface area contributed by atoms with Crippen molar-refractivity contribution in [2.24, 2.45) is 0 Å². The number of halogens is 1. The Morgan fingerprint density at radius 1 is 1.00 bits per heavy atom. The van der Waals surface area contributed by atoms with Crippen molar-refractivity contribution < 1.29 is 4.39 Å². The predicted octanol–water partition coefficient (Wildman–Crippen LogP) is 4.42. The molecular formula is C16H15FN2. The highest BCUT2D eigenvalue weighted by molar-refractivity contribution is 5.81. The van der Waals surface area contributed by atoms with Gasteiger partial charge in [-0.15, -0.1) is 0 Å². The molecule has 1 aromatic heterocycles. The molecule has 0 saturated carbocycles. The molecule has 0 bridgehead atoms. The molecule has 2 nitrogen and oxygen atoms in total. The van der Waals surface area contributed by atoms with Gasteiger partial charge in [-0.3, -0.25) is 0 Å². The number of hydrogen-bond donors (Lipinski definition) is 0. The lowest BCUT2D eigenvalue weighted by molar-refractivity contribution is 0.623. The summed E-state index contributed by atoms with van der Waals surface area (Å²) in [5, 5.41) is 0. The Labute approximate surface area is 111 Å². The molecule has 1 heterocycles. The molecular weight excluding hydrogens is 239 g/mol. The summed E-state index contributed by atoms with van der Waals surface area (Å²) in [5.41, 5.74) is 2.29. The third kappa shape index (κ3) is 1.91. The van der Waals surface area contributed by atoms with Crippen molar-refractivity contribution >= 4 is 11.0 Å². The quantitative estimate of drug-likeness (QED) is 0.661. The monoisotopic (exact) mass is 254 g/mol. The van der Waals surface area contributed by atoms with E-state index in [1.807, 2.05) is 36.4 Å². The van der Waals surface area contributed by atoms with Gasteiger partial charge in [0.1, 0.15) is 11.3 Å². The molecule has 2 aromatic carbocycles. The first-order chi connectivity index (χ1) is 9.18. The first-order valence-electron chi connectivity index (χ1n) is 6.40. The average Bonchev–Trinajstić information content (AvgIpc) is 2.81. The number of fused-ring (bicyclic) bond motifs is 1. The smallest absolute Gasteiger partial charge is 0.151 e. The van der Waals surface area contributed by atoms with Gasteiger partial charge in [0.15, 0.2) is 5.82 Å². The van der Waals surface area contributed by atoms with Crippen LogP contribution >= 0.6 is 0 Å². The Bertz CT molecular complexity index is 714. The van der Waals surface area contributed by atoms with E-state index in [0.29, 0.717) is 5.52 Å². The number of rotatable bonds is 2. The van der Waals surface area contributed by atoms with Crippen LogP contribution in [0.1, 0.15) is 19.9 Å². The normalized spacial score (nSPS) is 11.4. The van der Waals surface area contributed by atoms with Gasteiger partial charge < -0.3 is 4.57 Å². The van der Waals surface area contributed by atoms with Crippen molar-refractivity contribution in [3.05, 3.63) is 54.3 Å². The highest BCUT2D eigenvalue weighted by Crippen LogP contribution is 2.29. The van der Waals surface area contributed by atoms with Gasteiger partial charge in [-0.25, -0.2) is 9.37 Å².